The highest BCUT2D eigenvalue weighted by atomic mass is 19.1. The third kappa shape index (κ3) is 2.80. The number of rotatable bonds is 4. The lowest BCUT2D eigenvalue weighted by molar-refractivity contribution is 0.357. The minimum absolute atomic E-state index is 0.375. The summed E-state index contributed by atoms with van der Waals surface area (Å²) in [4.78, 5) is 0. The van der Waals surface area contributed by atoms with Crippen LogP contribution in [-0.4, -0.2) is 6.61 Å². The Bertz CT molecular complexity index is 628. The fourth-order valence-corrected chi connectivity index (χ4v) is 2.36. The standard InChI is InChI=1S/C16H15F2NO/c17-14-3-2-13(15(18)8-14)10-19-9-11-1-4-16-12(7-11)5-6-20-16/h1-4,7-8,19H,5-6,9-10H2. The summed E-state index contributed by atoms with van der Waals surface area (Å²) >= 11 is 0. The van der Waals surface area contributed by atoms with Crippen molar-refractivity contribution >= 4 is 0 Å². The van der Waals surface area contributed by atoms with E-state index in [1.807, 2.05) is 12.1 Å². The fraction of sp³-hybridized carbons (Fsp3) is 0.250. The predicted molar refractivity (Wildman–Crippen MR) is 72.5 cm³/mol. The smallest absolute Gasteiger partial charge is 0.130 e. The zero-order valence-corrected chi connectivity index (χ0v) is 11.0. The van der Waals surface area contributed by atoms with E-state index in [0.29, 0.717) is 18.7 Å². The summed E-state index contributed by atoms with van der Waals surface area (Å²) < 4.78 is 31.7. The topological polar surface area (TPSA) is 21.3 Å². The minimum atomic E-state index is -0.551. The van der Waals surface area contributed by atoms with E-state index in [2.05, 4.69) is 11.4 Å². The molecule has 0 bridgehead atoms. The number of ether oxygens (including phenoxy) is 1. The quantitative estimate of drug-likeness (QED) is 0.925. The summed E-state index contributed by atoms with van der Waals surface area (Å²) in [6.07, 6.45) is 0.940. The van der Waals surface area contributed by atoms with Crippen molar-refractivity contribution in [3.05, 3.63) is 64.7 Å². The second-order valence-corrected chi connectivity index (χ2v) is 4.88. The molecule has 0 fully saturated rings. The molecule has 0 saturated heterocycles. The van der Waals surface area contributed by atoms with E-state index < -0.39 is 11.6 Å². The average molecular weight is 275 g/mol. The van der Waals surface area contributed by atoms with Gasteiger partial charge >= 0.3 is 0 Å². The lowest BCUT2D eigenvalue weighted by Crippen LogP contribution is -2.13. The molecule has 2 aromatic carbocycles. The van der Waals surface area contributed by atoms with E-state index in [9.17, 15) is 8.78 Å². The summed E-state index contributed by atoms with van der Waals surface area (Å²) in [6, 6.07) is 9.72. The van der Waals surface area contributed by atoms with Crippen LogP contribution in [0.15, 0.2) is 36.4 Å². The molecule has 0 atom stereocenters. The van der Waals surface area contributed by atoms with Crippen LogP contribution in [0.4, 0.5) is 8.78 Å². The van der Waals surface area contributed by atoms with E-state index >= 15 is 0 Å². The summed E-state index contributed by atoms with van der Waals surface area (Å²) in [5, 5.41) is 3.17. The highest BCUT2D eigenvalue weighted by Crippen LogP contribution is 2.25. The maximum absolute atomic E-state index is 13.5. The van der Waals surface area contributed by atoms with Gasteiger partial charge in [-0.2, -0.15) is 0 Å². The van der Waals surface area contributed by atoms with Gasteiger partial charge in [0.05, 0.1) is 6.61 Å². The van der Waals surface area contributed by atoms with Gasteiger partial charge in [0.2, 0.25) is 0 Å². The highest BCUT2D eigenvalue weighted by molar-refractivity contribution is 5.39. The largest absolute Gasteiger partial charge is 0.493 e. The fourth-order valence-electron chi connectivity index (χ4n) is 2.36. The zero-order chi connectivity index (χ0) is 13.9. The predicted octanol–water partition coefficient (Wildman–Crippen LogP) is 3.19. The van der Waals surface area contributed by atoms with Crippen LogP contribution in [0, 0.1) is 11.6 Å². The van der Waals surface area contributed by atoms with E-state index in [1.165, 1.54) is 17.7 Å². The molecule has 1 aliphatic rings. The van der Waals surface area contributed by atoms with Gasteiger partial charge < -0.3 is 10.1 Å². The van der Waals surface area contributed by atoms with Gasteiger partial charge in [-0.05, 0) is 23.3 Å². The average Bonchev–Trinajstić information content (AvgIpc) is 2.89. The van der Waals surface area contributed by atoms with Gasteiger partial charge in [0.1, 0.15) is 17.4 Å². The molecule has 20 heavy (non-hydrogen) atoms. The van der Waals surface area contributed by atoms with Gasteiger partial charge in [-0.15, -0.1) is 0 Å². The zero-order valence-electron chi connectivity index (χ0n) is 11.0. The van der Waals surface area contributed by atoms with Gasteiger partial charge in [0.25, 0.3) is 0 Å². The van der Waals surface area contributed by atoms with E-state index in [4.69, 9.17) is 4.74 Å². The molecule has 4 heteroatoms. The Balaban J connectivity index is 1.60. The van der Waals surface area contributed by atoms with Crippen LogP contribution in [0.2, 0.25) is 0 Å². The molecule has 3 rings (SSSR count). The number of halogens is 2. The van der Waals surface area contributed by atoms with Crippen molar-refractivity contribution in [3.63, 3.8) is 0 Å². The molecule has 1 N–H and O–H groups in total. The third-order valence-corrected chi connectivity index (χ3v) is 3.41. The minimum Gasteiger partial charge on any atom is -0.493 e. The van der Waals surface area contributed by atoms with Crippen molar-refractivity contribution < 1.29 is 13.5 Å². The molecule has 0 unspecified atom stereocenters. The Labute approximate surface area is 116 Å². The molecule has 0 aliphatic carbocycles. The first-order chi connectivity index (χ1) is 9.72. The summed E-state index contributed by atoms with van der Waals surface area (Å²) in [5.41, 5.74) is 2.82. The second-order valence-electron chi connectivity index (χ2n) is 4.88. The van der Waals surface area contributed by atoms with Crippen molar-refractivity contribution in [1.82, 2.24) is 5.32 Å². The summed E-state index contributed by atoms with van der Waals surface area (Å²) in [6.45, 7) is 1.76. The monoisotopic (exact) mass is 275 g/mol. The highest BCUT2D eigenvalue weighted by Gasteiger charge is 2.11. The van der Waals surface area contributed by atoms with E-state index in [-0.39, 0.29) is 0 Å². The first kappa shape index (κ1) is 13.1. The normalized spacial score (nSPS) is 13.1. The number of benzene rings is 2. The molecule has 104 valence electrons. The van der Waals surface area contributed by atoms with Crippen molar-refractivity contribution in [2.75, 3.05) is 6.61 Å². The van der Waals surface area contributed by atoms with Crippen LogP contribution < -0.4 is 10.1 Å². The van der Waals surface area contributed by atoms with Crippen molar-refractivity contribution in [1.29, 1.82) is 0 Å². The van der Waals surface area contributed by atoms with Gasteiger partial charge in [-0.1, -0.05) is 18.2 Å². The van der Waals surface area contributed by atoms with Crippen LogP contribution in [0.5, 0.6) is 5.75 Å². The molecular weight excluding hydrogens is 260 g/mol. The van der Waals surface area contributed by atoms with Crippen LogP contribution in [0.3, 0.4) is 0 Å². The number of hydrogen-bond donors (Lipinski definition) is 1. The molecule has 1 heterocycles. The maximum Gasteiger partial charge on any atom is 0.130 e. The van der Waals surface area contributed by atoms with E-state index in [1.54, 1.807) is 0 Å². The van der Waals surface area contributed by atoms with Crippen LogP contribution in [0.25, 0.3) is 0 Å². The van der Waals surface area contributed by atoms with Crippen molar-refractivity contribution in [3.8, 4) is 5.75 Å². The summed E-state index contributed by atoms with van der Waals surface area (Å²) in [7, 11) is 0. The molecule has 0 saturated carbocycles. The van der Waals surface area contributed by atoms with Gasteiger partial charge in [-0.25, -0.2) is 8.78 Å². The van der Waals surface area contributed by atoms with Gasteiger partial charge in [-0.3, -0.25) is 0 Å². The van der Waals surface area contributed by atoms with Crippen molar-refractivity contribution in [2.24, 2.45) is 0 Å². The molecule has 2 aromatic rings. The number of nitrogens with one attached hydrogen (secondary N) is 1. The summed E-state index contributed by atoms with van der Waals surface area (Å²) in [5.74, 6) is -0.108. The van der Waals surface area contributed by atoms with Crippen molar-refractivity contribution in [2.45, 2.75) is 19.5 Å². The van der Waals surface area contributed by atoms with Crippen LogP contribution in [-0.2, 0) is 19.5 Å². The molecular formula is C16H15F2NO. The third-order valence-electron chi connectivity index (χ3n) is 3.41. The Morgan fingerprint density at radius 2 is 1.95 bits per heavy atom. The maximum atomic E-state index is 13.5. The Morgan fingerprint density at radius 3 is 2.80 bits per heavy atom. The molecule has 0 radical (unpaired) electrons. The molecule has 1 aliphatic heterocycles. The number of hydrogen-bond acceptors (Lipinski definition) is 2. The van der Waals surface area contributed by atoms with Gasteiger partial charge in [0.15, 0.2) is 0 Å². The lowest BCUT2D eigenvalue weighted by Gasteiger charge is -2.07. The lowest BCUT2D eigenvalue weighted by atomic mass is 10.1. The molecule has 2 nitrogen and oxygen atoms in total. The van der Waals surface area contributed by atoms with E-state index in [0.717, 1.165) is 30.4 Å². The Kier molecular flexibility index (Phi) is 3.65. The first-order valence-corrected chi connectivity index (χ1v) is 6.61. The first-order valence-electron chi connectivity index (χ1n) is 6.61. The molecule has 0 amide bonds. The Morgan fingerprint density at radius 1 is 1.05 bits per heavy atom. The van der Waals surface area contributed by atoms with Crippen LogP contribution >= 0.6 is 0 Å². The van der Waals surface area contributed by atoms with Crippen LogP contribution in [0.1, 0.15) is 16.7 Å². The molecule has 0 spiro atoms. The second kappa shape index (κ2) is 5.59. The molecule has 0 aromatic heterocycles. The Hall–Kier alpha value is -1.94. The SMILES string of the molecule is Fc1ccc(CNCc2ccc3c(c2)CCO3)c(F)c1. The number of fused-ring (bicyclic) bond motifs is 1. The van der Waals surface area contributed by atoms with Gasteiger partial charge in [0, 0.05) is 31.1 Å².